The number of ether oxygens (including phenoxy) is 1. The van der Waals surface area contributed by atoms with Gasteiger partial charge in [0.1, 0.15) is 5.60 Å². The summed E-state index contributed by atoms with van der Waals surface area (Å²) in [4.78, 5) is 11.5. The molecule has 0 bridgehead atoms. The van der Waals surface area contributed by atoms with E-state index >= 15 is 0 Å². The Morgan fingerprint density at radius 2 is 1.93 bits per heavy atom. The first-order chi connectivity index (χ1) is 6.89. The van der Waals surface area contributed by atoms with E-state index in [-0.39, 0.29) is 12.1 Å². The van der Waals surface area contributed by atoms with Gasteiger partial charge >= 0.3 is 6.09 Å². The molecule has 1 unspecified atom stereocenters. The molecule has 3 nitrogen and oxygen atoms in total. The summed E-state index contributed by atoms with van der Waals surface area (Å²) in [6, 6.07) is 0.250. The molecule has 0 rings (SSSR count). The number of carbonyl (C=O) groups excluding carboxylic acids is 1. The van der Waals surface area contributed by atoms with Crippen molar-refractivity contribution in [3.63, 3.8) is 0 Å². The topological polar surface area (TPSA) is 38.3 Å². The predicted molar refractivity (Wildman–Crippen MR) is 63.0 cm³/mol. The van der Waals surface area contributed by atoms with Crippen LogP contribution >= 0.6 is 0 Å². The Balaban J connectivity index is 3.91. The lowest BCUT2D eigenvalue weighted by atomic mass is 10.1. The number of alkyl carbamates (subject to hydrolysis) is 1. The number of carbonyl (C=O) groups is 1. The van der Waals surface area contributed by atoms with Crippen molar-refractivity contribution in [1.29, 1.82) is 0 Å². The molecule has 0 radical (unpaired) electrons. The summed E-state index contributed by atoms with van der Waals surface area (Å²) in [5.41, 5.74) is -0.410. The number of amides is 1. The predicted octanol–water partition coefficient (Wildman–Crippen LogP) is 3.48. The van der Waals surface area contributed by atoms with Gasteiger partial charge in [0.05, 0.1) is 0 Å². The maximum atomic E-state index is 11.5. The van der Waals surface area contributed by atoms with E-state index in [1.807, 2.05) is 20.8 Å². The van der Waals surface area contributed by atoms with Crippen LogP contribution in [0.15, 0.2) is 0 Å². The van der Waals surface area contributed by atoms with Gasteiger partial charge in [-0.2, -0.15) is 0 Å². The average molecular weight is 215 g/mol. The standard InChI is InChI=1S/C12H25NO2/c1-6-8-9-10(7-2)13-11(14)15-12(3,4)5/h10H,6-9H2,1-5H3,(H,13,14). The molecule has 0 spiro atoms. The largest absolute Gasteiger partial charge is 0.444 e. The van der Waals surface area contributed by atoms with Gasteiger partial charge in [-0.15, -0.1) is 0 Å². The number of hydrogen-bond acceptors (Lipinski definition) is 2. The molecule has 0 aromatic rings. The van der Waals surface area contributed by atoms with Gasteiger partial charge in [0, 0.05) is 6.04 Å². The van der Waals surface area contributed by atoms with Crippen LogP contribution in [-0.4, -0.2) is 17.7 Å². The van der Waals surface area contributed by atoms with Gasteiger partial charge in [0.2, 0.25) is 0 Å². The highest BCUT2D eigenvalue weighted by molar-refractivity contribution is 5.68. The number of unbranched alkanes of at least 4 members (excludes halogenated alkanes) is 1. The second kappa shape index (κ2) is 6.70. The highest BCUT2D eigenvalue weighted by Crippen LogP contribution is 2.09. The third kappa shape index (κ3) is 8.28. The Morgan fingerprint density at radius 3 is 2.33 bits per heavy atom. The fourth-order valence-electron chi connectivity index (χ4n) is 1.30. The Bertz CT molecular complexity index is 185. The minimum Gasteiger partial charge on any atom is -0.444 e. The SMILES string of the molecule is CCCCC(CC)NC(=O)OC(C)(C)C. The lowest BCUT2D eigenvalue weighted by Crippen LogP contribution is -2.38. The van der Waals surface area contributed by atoms with Crippen LogP contribution in [0.2, 0.25) is 0 Å². The zero-order valence-corrected chi connectivity index (χ0v) is 10.7. The van der Waals surface area contributed by atoms with Crippen LogP contribution in [0, 0.1) is 0 Å². The van der Waals surface area contributed by atoms with Crippen molar-refractivity contribution < 1.29 is 9.53 Å². The monoisotopic (exact) mass is 215 g/mol. The molecular weight excluding hydrogens is 190 g/mol. The van der Waals surface area contributed by atoms with E-state index in [1.54, 1.807) is 0 Å². The van der Waals surface area contributed by atoms with Crippen LogP contribution in [0.4, 0.5) is 4.79 Å². The van der Waals surface area contributed by atoms with E-state index in [4.69, 9.17) is 4.74 Å². The van der Waals surface area contributed by atoms with Crippen molar-refractivity contribution in [2.24, 2.45) is 0 Å². The minimum atomic E-state index is -0.410. The maximum Gasteiger partial charge on any atom is 0.407 e. The molecule has 1 amide bonds. The molecule has 0 saturated heterocycles. The number of hydrogen-bond donors (Lipinski definition) is 1. The van der Waals surface area contributed by atoms with Crippen LogP contribution in [-0.2, 0) is 4.74 Å². The molecule has 0 aromatic carbocycles. The fourth-order valence-corrected chi connectivity index (χ4v) is 1.30. The molecule has 0 fully saturated rings. The first-order valence-electron chi connectivity index (χ1n) is 5.88. The van der Waals surface area contributed by atoms with Crippen LogP contribution in [0.5, 0.6) is 0 Å². The van der Waals surface area contributed by atoms with Gasteiger partial charge in [0.25, 0.3) is 0 Å². The van der Waals surface area contributed by atoms with E-state index in [2.05, 4.69) is 19.2 Å². The van der Waals surface area contributed by atoms with Crippen molar-refractivity contribution in [3.05, 3.63) is 0 Å². The molecule has 1 atom stereocenters. The lowest BCUT2D eigenvalue weighted by Gasteiger charge is -2.23. The van der Waals surface area contributed by atoms with E-state index < -0.39 is 5.60 Å². The zero-order valence-electron chi connectivity index (χ0n) is 10.7. The molecule has 3 heteroatoms. The molecule has 0 aromatic heterocycles. The normalized spacial score (nSPS) is 13.4. The summed E-state index contributed by atoms with van der Waals surface area (Å²) >= 11 is 0. The first kappa shape index (κ1) is 14.3. The molecule has 0 heterocycles. The maximum absolute atomic E-state index is 11.5. The molecular formula is C12H25NO2. The van der Waals surface area contributed by atoms with Crippen LogP contribution in [0.3, 0.4) is 0 Å². The Labute approximate surface area is 93.6 Å². The Morgan fingerprint density at radius 1 is 1.33 bits per heavy atom. The second-order valence-electron chi connectivity index (χ2n) is 4.89. The number of rotatable bonds is 5. The van der Waals surface area contributed by atoms with Gasteiger partial charge in [-0.1, -0.05) is 26.7 Å². The molecule has 0 aliphatic carbocycles. The molecule has 0 aliphatic rings. The molecule has 1 N–H and O–H groups in total. The first-order valence-corrected chi connectivity index (χ1v) is 5.88. The third-order valence-electron chi connectivity index (χ3n) is 2.12. The quantitative estimate of drug-likeness (QED) is 0.762. The van der Waals surface area contributed by atoms with Gasteiger partial charge in [-0.05, 0) is 33.6 Å². The molecule has 15 heavy (non-hydrogen) atoms. The Kier molecular flexibility index (Phi) is 6.37. The summed E-state index contributed by atoms with van der Waals surface area (Å²) in [5.74, 6) is 0. The van der Waals surface area contributed by atoms with E-state index in [9.17, 15) is 4.79 Å². The van der Waals surface area contributed by atoms with Crippen molar-refractivity contribution in [2.75, 3.05) is 0 Å². The smallest absolute Gasteiger partial charge is 0.407 e. The highest BCUT2D eigenvalue weighted by Gasteiger charge is 2.18. The van der Waals surface area contributed by atoms with Crippen LogP contribution in [0.1, 0.15) is 60.3 Å². The molecule has 0 saturated carbocycles. The number of nitrogens with one attached hydrogen (secondary N) is 1. The van der Waals surface area contributed by atoms with Gasteiger partial charge in [-0.25, -0.2) is 4.79 Å². The fraction of sp³-hybridized carbons (Fsp3) is 0.917. The Hall–Kier alpha value is -0.730. The molecule has 90 valence electrons. The zero-order chi connectivity index (χ0) is 11.9. The van der Waals surface area contributed by atoms with E-state index in [1.165, 1.54) is 0 Å². The van der Waals surface area contributed by atoms with Crippen molar-refractivity contribution in [2.45, 2.75) is 71.9 Å². The van der Waals surface area contributed by atoms with Crippen molar-refractivity contribution >= 4 is 6.09 Å². The highest BCUT2D eigenvalue weighted by atomic mass is 16.6. The minimum absolute atomic E-state index is 0.250. The lowest BCUT2D eigenvalue weighted by molar-refractivity contribution is 0.0500. The van der Waals surface area contributed by atoms with Crippen LogP contribution in [0.25, 0.3) is 0 Å². The van der Waals surface area contributed by atoms with Gasteiger partial charge < -0.3 is 10.1 Å². The third-order valence-corrected chi connectivity index (χ3v) is 2.12. The summed E-state index contributed by atoms with van der Waals surface area (Å²) in [5, 5.41) is 2.90. The summed E-state index contributed by atoms with van der Waals surface area (Å²) in [6.45, 7) is 9.86. The average Bonchev–Trinajstić information content (AvgIpc) is 2.09. The summed E-state index contributed by atoms with van der Waals surface area (Å²) < 4.78 is 5.20. The van der Waals surface area contributed by atoms with E-state index in [0.29, 0.717) is 0 Å². The van der Waals surface area contributed by atoms with Crippen LogP contribution < -0.4 is 5.32 Å². The van der Waals surface area contributed by atoms with E-state index in [0.717, 1.165) is 25.7 Å². The van der Waals surface area contributed by atoms with Crippen molar-refractivity contribution in [3.8, 4) is 0 Å². The van der Waals surface area contributed by atoms with Crippen molar-refractivity contribution in [1.82, 2.24) is 5.32 Å². The van der Waals surface area contributed by atoms with Gasteiger partial charge in [0.15, 0.2) is 0 Å². The molecule has 0 aliphatic heterocycles. The summed E-state index contributed by atoms with van der Waals surface area (Å²) in [7, 11) is 0. The second-order valence-corrected chi connectivity index (χ2v) is 4.89. The summed E-state index contributed by atoms with van der Waals surface area (Å²) in [6.07, 6.45) is 4.00. The van der Waals surface area contributed by atoms with Gasteiger partial charge in [-0.3, -0.25) is 0 Å².